The fourth-order valence-electron chi connectivity index (χ4n) is 1.58. The summed E-state index contributed by atoms with van der Waals surface area (Å²) in [7, 11) is 5.58. The maximum absolute atomic E-state index is 4.36. The summed E-state index contributed by atoms with van der Waals surface area (Å²) < 4.78 is 1.05. The molecule has 0 atom stereocenters. The summed E-state index contributed by atoms with van der Waals surface area (Å²) in [5, 5.41) is 6.14. The second-order valence-corrected chi connectivity index (χ2v) is 5.33. The summed E-state index contributed by atoms with van der Waals surface area (Å²) in [6.45, 7) is 0.652. The van der Waals surface area contributed by atoms with Crippen LogP contribution in [-0.2, 0) is 6.54 Å². The van der Waals surface area contributed by atoms with Gasteiger partial charge in [0.25, 0.3) is 0 Å². The molecule has 106 valence electrons. The molecule has 1 heterocycles. The zero-order valence-electron chi connectivity index (χ0n) is 11.7. The second-order valence-electron chi connectivity index (χ2n) is 4.41. The van der Waals surface area contributed by atoms with Crippen LogP contribution in [0.4, 0.5) is 17.8 Å². The first-order chi connectivity index (χ1) is 9.58. The average molecular weight is 337 g/mol. The number of nitrogens with zero attached hydrogens (tertiary/aromatic N) is 4. The topological polar surface area (TPSA) is 66.0 Å². The van der Waals surface area contributed by atoms with E-state index in [1.807, 2.05) is 37.2 Å². The van der Waals surface area contributed by atoms with E-state index in [9.17, 15) is 0 Å². The van der Waals surface area contributed by atoms with E-state index in [1.165, 1.54) is 0 Å². The van der Waals surface area contributed by atoms with Gasteiger partial charge in [0.1, 0.15) is 0 Å². The molecule has 0 saturated heterocycles. The molecule has 2 rings (SSSR count). The molecule has 6 nitrogen and oxygen atoms in total. The molecule has 0 unspecified atom stereocenters. The van der Waals surface area contributed by atoms with Crippen molar-refractivity contribution in [2.45, 2.75) is 6.54 Å². The molecule has 0 aliphatic heterocycles. The van der Waals surface area contributed by atoms with Crippen molar-refractivity contribution in [3.8, 4) is 0 Å². The van der Waals surface area contributed by atoms with Crippen LogP contribution in [0.3, 0.4) is 0 Å². The Morgan fingerprint density at radius 3 is 2.55 bits per heavy atom. The number of aromatic nitrogens is 3. The molecule has 7 heteroatoms. The van der Waals surface area contributed by atoms with Gasteiger partial charge in [-0.25, -0.2) is 0 Å². The minimum atomic E-state index is 0.542. The lowest BCUT2D eigenvalue weighted by molar-refractivity contribution is 0.944. The summed E-state index contributed by atoms with van der Waals surface area (Å²) in [5.41, 5.74) is 1.15. The Hall–Kier alpha value is -1.89. The van der Waals surface area contributed by atoms with Gasteiger partial charge in [-0.3, -0.25) is 0 Å². The van der Waals surface area contributed by atoms with Crippen LogP contribution in [0.1, 0.15) is 5.56 Å². The van der Waals surface area contributed by atoms with E-state index in [0.717, 1.165) is 10.0 Å². The van der Waals surface area contributed by atoms with Crippen LogP contribution in [0, 0.1) is 0 Å². The van der Waals surface area contributed by atoms with Crippen LogP contribution in [-0.4, -0.2) is 36.1 Å². The molecule has 0 saturated carbocycles. The van der Waals surface area contributed by atoms with Crippen LogP contribution in [0.15, 0.2) is 28.7 Å². The highest BCUT2D eigenvalue weighted by Gasteiger charge is 2.07. The Morgan fingerprint density at radius 2 is 1.90 bits per heavy atom. The molecule has 0 bridgehead atoms. The zero-order valence-corrected chi connectivity index (χ0v) is 13.3. The van der Waals surface area contributed by atoms with E-state index in [4.69, 9.17) is 0 Å². The first-order valence-electron chi connectivity index (χ1n) is 6.18. The van der Waals surface area contributed by atoms with Crippen LogP contribution >= 0.6 is 15.9 Å². The van der Waals surface area contributed by atoms with Crippen molar-refractivity contribution in [1.29, 1.82) is 0 Å². The molecule has 0 fully saturated rings. The van der Waals surface area contributed by atoms with E-state index in [2.05, 4.69) is 47.6 Å². The number of anilines is 3. The summed E-state index contributed by atoms with van der Waals surface area (Å²) in [6, 6.07) is 8.10. The molecule has 0 spiro atoms. The third-order valence-corrected chi connectivity index (χ3v) is 3.08. The molecule has 20 heavy (non-hydrogen) atoms. The van der Waals surface area contributed by atoms with Crippen molar-refractivity contribution in [2.75, 3.05) is 36.7 Å². The van der Waals surface area contributed by atoms with Crippen LogP contribution < -0.4 is 15.5 Å². The summed E-state index contributed by atoms with van der Waals surface area (Å²) in [4.78, 5) is 14.8. The molecule has 1 aromatic heterocycles. The van der Waals surface area contributed by atoms with Gasteiger partial charge >= 0.3 is 0 Å². The lowest BCUT2D eigenvalue weighted by Gasteiger charge is -2.13. The van der Waals surface area contributed by atoms with Gasteiger partial charge in [-0.15, -0.1) is 0 Å². The first kappa shape index (κ1) is 14.5. The summed E-state index contributed by atoms with van der Waals surface area (Å²) in [5.74, 6) is 1.70. The summed E-state index contributed by atoms with van der Waals surface area (Å²) in [6.07, 6.45) is 0. The number of hydrogen-bond donors (Lipinski definition) is 2. The Balaban J connectivity index is 2.14. The number of nitrogens with one attached hydrogen (secondary N) is 2. The van der Waals surface area contributed by atoms with Gasteiger partial charge in [-0.2, -0.15) is 15.0 Å². The normalized spacial score (nSPS) is 10.2. The highest BCUT2D eigenvalue weighted by Crippen LogP contribution is 2.14. The van der Waals surface area contributed by atoms with Gasteiger partial charge in [0.15, 0.2) is 0 Å². The Labute approximate surface area is 126 Å². The van der Waals surface area contributed by atoms with Crippen molar-refractivity contribution in [3.05, 3.63) is 34.3 Å². The molecule has 2 aromatic rings. The minimum Gasteiger partial charge on any atom is -0.357 e. The lowest BCUT2D eigenvalue weighted by atomic mass is 10.2. The predicted molar refractivity (Wildman–Crippen MR) is 85.2 cm³/mol. The number of halogens is 1. The average Bonchev–Trinajstić information content (AvgIpc) is 2.45. The molecule has 2 N–H and O–H groups in total. The van der Waals surface area contributed by atoms with Crippen molar-refractivity contribution in [1.82, 2.24) is 15.0 Å². The third-order valence-electron chi connectivity index (χ3n) is 2.59. The minimum absolute atomic E-state index is 0.542. The van der Waals surface area contributed by atoms with E-state index < -0.39 is 0 Å². The van der Waals surface area contributed by atoms with Crippen molar-refractivity contribution >= 4 is 33.8 Å². The quantitative estimate of drug-likeness (QED) is 0.873. The molecule has 1 aromatic carbocycles. The maximum Gasteiger partial charge on any atom is 0.231 e. The highest BCUT2D eigenvalue weighted by molar-refractivity contribution is 9.10. The van der Waals surface area contributed by atoms with Gasteiger partial charge < -0.3 is 15.5 Å². The van der Waals surface area contributed by atoms with Crippen LogP contribution in [0.25, 0.3) is 0 Å². The lowest BCUT2D eigenvalue weighted by Crippen LogP contribution is -2.16. The maximum atomic E-state index is 4.36. The van der Waals surface area contributed by atoms with Crippen LogP contribution in [0.5, 0.6) is 0 Å². The van der Waals surface area contributed by atoms with Gasteiger partial charge in [0.05, 0.1) is 0 Å². The van der Waals surface area contributed by atoms with Gasteiger partial charge in [-0.05, 0) is 17.7 Å². The van der Waals surface area contributed by atoms with Crippen LogP contribution in [0.2, 0.25) is 0 Å². The molecule has 0 radical (unpaired) electrons. The van der Waals surface area contributed by atoms with Gasteiger partial charge in [-0.1, -0.05) is 28.1 Å². The third kappa shape index (κ3) is 3.80. The Bertz CT molecular complexity index is 587. The number of benzene rings is 1. The largest absolute Gasteiger partial charge is 0.357 e. The first-order valence-corrected chi connectivity index (χ1v) is 6.97. The van der Waals surface area contributed by atoms with E-state index >= 15 is 0 Å². The van der Waals surface area contributed by atoms with E-state index in [0.29, 0.717) is 24.4 Å². The standard InChI is InChI=1S/C13H17BrN6/c1-15-11-17-12(19-13(18-11)20(2)3)16-8-9-5-4-6-10(14)7-9/h4-7H,8H2,1-3H3,(H2,15,16,17,18,19). The molecule has 0 aliphatic rings. The van der Waals surface area contributed by atoms with E-state index in [-0.39, 0.29) is 0 Å². The van der Waals surface area contributed by atoms with Crippen molar-refractivity contribution in [3.63, 3.8) is 0 Å². The smallest absolute Gasteiger partial charge is 0.231 e. The fourth-order valence-corrected chi connectivity index (χ4v) is 2.03. The molecular formula is C13H17BrN6. The van der Waals surface area contributed by atoms with Gasteiger partial charge in [0, 0.05) is 32.2 Å². The SMILES string of the molecule is CNc1nc(NCc2cccc(Br)c2)nc(N(C)C)n1. The molecule has 0 aliphatic carbocycles. The Morgan fingerprint density at radius 1 is 1.15 bits per heavy atom. The molecular weight excluding hydrogens is 320 g/mol. The monoisotopic (exact) mass is 336 g/mol. The zero-order chi connectivity index (χ0) is 14.5. The van der Waals surface area contributed by atoms with E-state index in [1.54, 1.807) is 7.05 Å². The molecule has 0 amide bonds. The number of hydrogen-bond acceptors (Lipinski definition) is 6. The fraction of sp³-hybridized carbons (Fsp3) is 0.308. The number of rotatable bonds is 5. The van der Waals surface area contributed by atoms with Crippen molar-refractivity contribution < 1.29 is 0 Å². The highest BCUT2D eigenvalue weighted by atomic mass is 79.9. The second kappa shape index (κ2) is 6.51. The van der Waals surface area contributed by atoms with Crippen molar-refractivity contribution in [2.24, 2.45) is 0 Å². The summed E-state index contributed by atoms with van der Waals surface area (Å²) >= 11 is 3.46. The Kier molecular flexibility index (Phi) is 4.73. The van der Waals surface area contributed by atoms with Gasteiger partial charge in [0.2, 0.25) is 17.8 Å². The predicted octanol–water partition coefficient (Wildman–Crippen LogP) is 2.35.